The number of aromatic nitrogens is 2. The van der Waals surface area contributed by atoms with Crippen molar-refractivity contribution in [2.75, 3.05) is 5.32 Å². The number of nitrogens with zero attached hydrogens (tertiary/aromatic N) is 3. The molecule has 2 rings (SSSR count). The van der Waals surface area contributed by atoms with E-state index in [1.54, 1.807) is 6.07 Å². The van der Waals surface area contributed by atoms with Gasteiger partial charge in [0.1, 0.15) is 28.7 Å². The van der Waals surface area contributed by atoms with Gasteiger partial charge in [-0.2, -0.15) is 5.26 Å². The van der Waals surface area contributed by atoms with E-state index in [4.69, 9.17) is 16.9 Å². The number of hydrogen-bond donors (Lipinski definition) is 1. The molecular weight excluding hydrogens is 291 g/mol. The van der Waals surface area contributed by atoms with Gasteiger partial charge in [-0.05, 0) is 18.2 Å². The Morgan fingerprint density at radius 3 is 2.57 bits per heavy atom. The molecule has 108 valence electrons. The maximum atomic E-state index is 13.1. The number of rotatable bonds is 2. The number of anilines is 2. The van der Waals surface area contributed by atoms with Gasteiger partial charge in [-0.15, -0.1) is 0 Å². The fourth-order valence-corrected chi connectivity index (χ4v) is 1.86. The van der Waals surface area contributed by atoms with Gasteiger partial charge < -0.3 is 5.32 Å². The van der Waals surface area contributed by atoms with Crippen LogP contribution in [0.3, 0.4) is 0 Å². The van der Waals surface area contributed by atoms with Crippen molar-refractivity contribution < 1.29 is 4.39 Å². The minimum atomic E-state index is -0.465. The van der Waals surface area contributed by atoms with Crippen LogP contribution in [0.15, 0.2) is 24.3 Å². The third-order valence-corrected chi connectivity index (χ3v) is 2.92. The third kappa shape index (κ3) is 3.67. The Morgan fingerprint density at radius 1 is 1.24 bits per heavy atom. The van der Waals surface area contributed by atoms with Crippen molar-refractivity contribution in [3.63, 3.8) is 0 Å². The molecule has 0 aliphatic heterocycles. The van der Waals surface area contributed by atoms with Gasteiger partial charge in [-0.25, -0.2) is 14.4 Å². The first-order valence-corrected chi connectivity index (χ1v) is 6.69. The van der Waals surface area contributed by atoms with Crippen molar-refractivity contribution in [1.82, 2.24) is 9.97 Å². The minimum Gasteiger partial charge on any atom is -0.339 e. The van der Waals surface area contributed by atoms with Crippen LogP contribution in [0.2, 0.25) is 5.15 Å². The Bertz CT molecular complexity index is 717. The molecule has 1 N–H and O–H groups in total. The highest BCUT2D eigenvalue weighted by Crippen LogP contribution is 2.25. The third-order valence-electron chi connectivity index (χ3n) is 2.73. The van der Waals surface area contributed by atoms with Gasteiger partial charge in [-0.3, -0.25) is 0 Å². The molecule has 0 saturated heterocycles. The van der Waals surface area contributed by atoms with E-state index in [0.717, 1.165) is 6.07 Å². The van der Waals surface area contributed by atoms with E-state index in [1.165, 1.54) is 12.1 Å². The smallest absolute Gasteiger partial charge is 0.137 e. The van der Waals surface area contributed by atoms with Crippen molar-refractivity contribution in [3.05, 3.63) is 46.6 Å². The number of hydrogen-bond acceptors (Lipinski definition) is 4. The Hall–Kier alpha value is -2.19. The molecule has 21 heavy (non-hydrogen) atoms. The van der Waals surface area contributed by atoms with Crippen LogP contribution in [0.5, 0.6) is 0 Å². The monoisotopic (exact) mass is 304 g/mol. The van der Waals surface area contributed by atoms with Crippen molar-refractivity contribution in [3.8, 4) is 6.07 Å². The molecule has 0 unspecified atom stereocenters. The fraction of sp³-hybridized carbons (Fsp3) is 0.267. The lowest BCUT2D eigenvalue weighted by Gasteiger charge is -2.18. The summed E-state index contributed by atoms with van der Waals surface area (Å²) < 4.78 is 13.1. The van der Waals surface area contributed by atoms with E-state index >= 15 is 0 Å². The normalized spacial score (nSPS) is 11.0. The van der Waals surface area contributed by atoms with Crippen LogP contribution in [0.25, 0.3) is 0 Å². The minimum absolute atomic E-state index is 0.196. The lowest BCUT2D eigenvalue weighted by atomic mass is 9.96. The van der Waals surface area contributed by atoms with Gasteiger partial charge in [-0.1, -0.05) is 32.4 Å². The molecule has 0 fully saturated rings. The largest absolute Gasteiger partial charge is 0.339 e. The van der Waals surface area contributed by atoms with Gasteiger partial charge in [0.2, 0.25) is 0 Å². The van der Waals surface area contributed by atoms with Crippen LogP contribution in [-0.2, 0) is 5.41 Å². The van der Waals surface area contributed by atoms with E-state index in [9.17, 15) is 4.39 Å². The van der Waals surface area contributed by atoms with E-state index in [-0.39, 0.29) is 11.0 Å². The Kier molecular flexibility index (Phi) is 4.10. The van der Waals surface area contributed by atoms with Crippen molar-refractivity contribution in [2.24, 2.45) is 0 Å². The summed E-state index contributed by atoms with van der Waals surface area (Å²) >= 11 is 6.01. The first-order chi connectivity index (χ1) is 9.79. The molecule has 1 heterocycles. The summed E-state index contributed by atoms with van der Waals surface area (Å²) in [4.78, 5) is 8.58. The van der Waals surface area contributed by atoms with Crippen LogP contribution in [0, 0.1) is 17.1 Å². The standard InChI is InChI=1S/C15H14ClFN4/c1-15(2,3)14-20-12(16)7-13(21-14)19-11-5-4-10(17)6-9(11)8-18/h4-7H,1-3H3,(H,19,20,21). The molecule has 0 amide bonds. The lowest BCUT2D eigenvalue weighted by molar-refractivity contribution is 0.546. The molecule has 6 heteroatoms. The SMILES string of the molecule is CC(C)(C)c1nc(Cl)cc(Nc2ccc(F)cc2C#N)n1. The molecule has 0 bridgehead atoms. The molecular formula is C15H14ClFN4. The molecule has 0 saturated carbocycles. The molecule has 0 aliphatic carbocycles. The molecule has 2 aromatic rings. The van der Waals surface area contributed by atoms with E-state index < -0.39 is 5.82 Å². The summed E-state index contributed by atoms with van der Waals surface area (Å²) in [5.41, 5.74) is 0.401. The number of nitrogens with one attached hydrogen (secondary N) is 1. The van der Waals surface area contributed by atoms with E-state index in [0.29, 0.717) is 22.5 Å². The number of nitriles is 1. The molecule has 1 aromatic carbocycles. The van der Waals surface area contributed by atoms with E-state index in [2.05, 4.69) is 15.3 Å². The van der Waals surface area contributed by atoms with Gasteiger partial charge in [0.05, 0.1) is 11.3 Å². The molecule has 0 aliphatic rings. The molecule has 4 nitrogen and oxygen atoms in total. The number of halogens is 2. The quantitative estimate of drug-likeness (QED) is 0.845. The predicted molar refractivity (Wildman–Crippen MR) is 80.1 cm³/mol. The van der Waals surface area contributed by atoms with Gasteiger partial charge in [0, 0.05) is 11.5 Å². The molecule has 1 aromatic heterocycles. The first kappa shape index (κ1) is 15.2. The summed E-state index contributed by atoms with van der Waals surface area (Å²) in [5.74, 6) is 0.578. The van der Waals surface area contributed by atoms with Crippen LogP contribution < -0.4 is 5.32 Å². The highest BCUT2D eigenvalue weighted by Gasteiger charge is 2.19. The van der Waals surface area contributed by atoms with Crippen LogP contribution >= 0.6 is 11.6 Å². The maximum absolute atomic E-state index is 13.1. The summed E-state index contributed by atoms with van der Waals surface area (Å²) in [6.07, 6.45) is 0. The Balaban J connectivity index is 2.41. The Labute approximate surface area is 127 Å². The van der Waals surface area contributed by atoms with Crippen LogP contribution in [0.4, 0.5) is 15.9 Å². The summed E-state index contributed by atoms with van der Waals surface area (Å²) in [6.45, 7) is 5.92. The average molecular weight is 305 g/mol. The highest BCUT2D eigenvalue weighted by molar-refractivity contribution is 6.29. The van der Waals surface area contributed by atoms with Crippen LogP contribution in [-0.4, -0.2) is 9.97 Å². The van der Waals surface area contributed by atoms with Gasteiger partial charge in [0.25, 0.3) is 0 Å². The van der Waals surface area contributed by atoms with Crippen molar-refractivity contribution >= 4 is 23.1 Å². The second kappa shape index (κ2) is 5.66. The second-order valence-electron chi connectivity index (χ2n) is 5.58. The molecule has 0 spiro atoms. The predicted octanol–water partition coefficient (Wildman–Crippen LogP) is 4.18. The zero-order valence-electron chi connectivity index (χ0n) is 11.9. The van der Waals surface area contributed by atoms with Gasteiger partial charge >= 0.3 is 0 Å². The van der Waals surface area contributed by atoms with Crippen LogP contribution in [0.1, 0.15) is 32.2 Å². The zero-order chi connectivity index (χ0) is 15.6. The second-order valence-corrected chi connectivity index (χ2v) is 5.96. The first-order valence-electron chi connectivity index (χ1n) is 6.31. The van der Waals surface area contributed by atoms with Crippen molar-refractivity contribution in [1.29, 1.82) is 5.26 Å². The molecule has 0 radical (unpaired) electrons. The highest BCUT2D eigenvalue weighted by atomic mass is 35.5. The van der Waals surface area contributed by atoms with Gasteiger partial charge in [0.15, 0.2) is 0 Å². The van der Waals surface area contributed by atoms with E-state index in [1.807, 2.05) is 26.8 Å². The maximum Gasteiger partial charge on any atom is 0.137 e. The summed E-state index contributed by atoms with van der Waals surface area (Å²) in [6, 6.07) is 7.42. The molecule has 0 atom stereocenters. The summed E-state index contributed by atoms with van der Waals surface area (Å²) in [5, 5.41) is 12.3. The fourth-order valence-electron chi connectivity index (χ4n) is 1.67. The average Bonchev–Trinajstić information content (AvgIpc) is 2.39. The Morgan fingerprint density at radius 2 is 1.95 bits per heavy atom. The zero-order valence-corrected chi connectivity index (χ0v) is 12.7. The summed E-state index contributed by atoms with van der Waals surface area (Å²) in [7, 11) is 0. The van der Waals surface area contributed by atoms with Crippen molar-refractivity contribution in [2.45, 2.75) is 26.2 Å². The number of benzene rings is 1. The topological polar surface area (TPSA) is 61.6 Å². The lowest BCUT2D eigenvalue weighted by Crippen LogP contribution is -2.16.